The van der Waals surface area contributed by atoms with Crippen LogP contribution in [-0.2, 0) is 14.2 Å². The third-order valence-corrected chi connectivity index (χ3v) is 3.37. The number of methoxy groups -OCH3 is 1. The van der Waals surface area contributed by atoms with Gasteiger partial charge in [-0.2, -0.15) is 0 Å². The van der Waals surface area contributed by atoms with E-state index in [0.717, 1.165) is 34.5 Å². The molecule has 5 heteroatoms. The highest BCUT2D eigenvalue weighted by Crippen LogP contribution is 2.30. The summed E-state index contributed by atoms with van der Waals surface area (Å²) in [6, 6.07) is 5.84. The van der Waals surface area contributed by atoms with Gasteiger partial charge in [0.25, 0.3) is 0 Å². The lowest BCUT2D eigenvalue weighted by molar-refractivity contribution is -0.183. The van der Waals surface area contributed by atoms with Crippen LogP contribution in [0.4, 0.5) is 0 Å². The summed E-state index contributed by atoms with van der Waals surface area (Å²) in [5.74, 6) is 0.764. The molecular weight excluding hydrogens is 335 g/mol. The average molecular weight is 350 g/mol. The molecule has 0 atom stereocenters. The van der Waals surface area contributed by atoms with Gasteiger partial charge >= 0.3 is 0 Å². The highest BCUT2D eigenvalue weighted by molar-refractivity contribution is 14.1. The fourth-order valence-corrected chi connectivity index (χ4v) is 2.18. The van der Waals surface area contributed by atoms with Gasteiger partial charge < -0.3 is 18.9 Å². The summed E-state index contributed by atoms with van der Waals surface area (Å²) >= 11 is 2.27. The Morgan fingerprint density at radius 1 is 1.35 bits per heavy atom. The van der Waals surface area contributed by atoms with Gasteiger partial charge in [-0.05, 0) is 47.2 Å². The topological polar surface area (TPSA) is 36.9 Å². The zero-order chi connectivity index (χ0) is 12.1. The summed E-state index contributed by atoms with van der Waals surface area (Å²) in [4.78, 5) is 0. The molecule has 17 heavy (non-hydrogen) atoms. The van der Waals surface area contributed by atoms with Crippen molar-refractivity contribution in [3.63, 3.8) is 0 Å². The quantitative estimate of drug-likeness (QED) is 0.618. The van der Waals surface area contributed by atoms with E-state index >= 15 is 0 Å². The smallest absolute Gasteiger partial charge is 0.188 e. The van der Waals surface area contributed by atoms with Crippen LogP contribution in [-0.4, -0.2) is 27.1 Å². The second-order valence-electron chi connectivity index (χ2n) is 3.66. The minimum Gasteiger partial charge on any atom is -0.468 e. The second kappa shape index (κ2) is 6.53. The number of ether oxygens (including phenoxy) is 4. The molecule has 0 amide bonds. The molecule has 1 heterocycles. The Labute approximate surface area is 114 Å². The molecule has 0 aromatic heterocycles. The predicted octanol–water partition coefficient (Wildman–Crippen LogP) is 2.71. The largest absolute Gasteiger partial charge is 0.468 e. The van der Waals surface area contributed by atoms with Gasteiger partial charge in [0.15, 0.2) is 13.1 Å². The van der Waals surface area contributed by atoms with E-state index in [1.54, 1.807) is 7.11 Å². The second-order valence-corrected chi connectivity index (χ2v) is 4.82. The third-order valence-electron chi connectivity index (χ3n) is 2.39. The Balaban J connectivity index is 2.13. The van der Waals surface area contributed by atoms with E-state index < -0.39 is 0 Å². The van der Waals surface area contributed by atoms with Gasteiger partial charge in [-0.25, -0.2) is 0 Å². The minimum absolute atomic E-state index is 0.242. The first kappa shape index (κ1) is 13.1. The van der Waals surface area contributed by atoms with Gasteiger partial charge in [0.05, 0.1) is 13.2 Å². The van der Waals surface area contributed by atoms with Crippen LogP contribution in [0, 0.1) is 3.57 Å². The van der Waals surface area contributed by atoms with Gasteiger partial charge in [0.2, 0.25) is 0 Å². The summed E-state index contributed by atoms with van der Waals surface area (Å²) in [6.45, 7) is 1.72. The van der Waals surface area contributed by atoms with E-state index in [-0.39, 0.29) is 13.1 Å². The Bertz CT molecular complexity index is 364. The van der Waals surface area contributed by atoms with Crippen molar-refractivity contribution in [2.24, 2.45) is 0 Å². The minimum atomic E-state index is -0.276. The first-order valence-electron chi connectivity index (χ1n) is 5.45. The standard InChI is InChI=1S/C12H15IO4/c1-14-8-17-9-3-4-11(13)10(7-9)12-15-5-2-6-16-12/h3-4,7,12H,2,5-6,8H2,1H3. The molecule has 0 saturated carbocycles. The van der Waals surface area contributed by atoms with E-state index in [1.807, 2.05) is 18.2 Å². The van der Waals surface area contributed by atoms with Crippen LogP contribution < -0.4 is 4.74 Å². The molecule has 0 radical (unpaired) electrons. The van der Waals surface area contributed by atoms with E-state index in [0.29, 0.717) is 0 Å². The maximum Gasteiger partial charge on any atom is 0.188 e. The van der Waals surface area contributed by atoms with Crippen LogP contribution in [0.3, 0.4) is 0 Å². The van der Waals surface area contributed by atoms with Crippen LogP contribution in [0.15, 0.2) is 18.2 Å². The van der Waals surface area contributed by atoms with E-state index in [9.17, 15) is 0 Å². The molecule has 0 aliphatic carbocycles. The Hall–Kier alpha value is -0.370. The lowest BCUT2D eigenvalue weighted by Gasteiger charge is -2.24. The van der Waals surface area contributed by atoms with Gasteiger partial charge in [0.1, 0.15) is 5.75 Å². The van der Waals surface area contributed by atoms with Crippen LogP contribution in [0.25, 0.3) is 0 Å². The fourth-order valence-electron chi connectivity index (χ4n) is 1.59. The predicted molar refractivity (Wildman–Crippen MR) is 70.9 cm³/mol. The number of hydrogen-bond acceptors (Lipinski definition) is 4. The molecule has 1 aromatic rings. The monoisotopic (exact) mass is 350 g/mol. The van der Waals surface area contributed by atoms with Gasteiger partial charge in [-0.3, -0.25) is 0 Å². The normalized spacial score (nSPS) is 17.1. The van der Waals surface area contributed by atoms with E-state index in [1.165, 1.54) is 0 Å². The molecule has 0 N–H and O–H groups in total. The summed E-state index contributed by atoms with van der Waals surface area (Å²) in [7, 11) is 1.60. The third kappa shape index (κ3) is 3.54. The van der Waals surface area contributed by atoms with Crippen LogP contribution in [0.2, 0.25) is 0 Å². The van der Waals surface area contributed by atoms with Gasteiger partial charge in [-0.1, -0.05) is 0 Å². The summed E-state index contributed by atoms with van der Waals surface area (Å²) in [6.07, 6.45) is 0.675. The average Bonchev–Trinajstić information content (AvgIpc) is 2.39. The first-order valence-corrected chi connectivity index (χ1v) is 6.53. The molecule has 0 unspecified atom stereocenters. The van der Waals surface area contributed by atoms with E-state index in [2.05, 4.69) is 22.6 Å². The zero-order valence-corrected chi connectivity index (χ0v) is 11.8. The summed E-state index contributed by atoms with van der Waals surface area (Å²) in [5, 5.41) is 0. The van der Waals surface area contributed by atoms with Crippen LogP contribution in [0.1, 0.15) is 18.3 Å². The summed E-state index contributed by atoms with van der Waals surface area (Å²) < 4.78 is 22.6. The molecule has 0 bridgehead atoms. The van der Waals surface area contributed by atoms with Crippen molar-refractivity contribution in [1.29, 1.82) is 0 Å². The molecule has 0 spiro atoms. The van der Waals surface area contributed by atoms with Crippen molar-refractivity contribution in [2.45, 2.75) is 12.7 Å². The van der Waals surface area contributed by atoms with Crippen molar-refractivity contribution < 1.29 is 18.9 Å². The number of halogens is 1. The molecule has 2 rings (SSSR count). The van der Waals surface area contributed by atoms with Crippen LogP contribution in [0.5, 0.6) is 5.75 Å². The Kier molecular flexibility index (Phi) is 5.02. The fraction of sp³-hybridized carbons (Fsp3) is 0.500. The molecule has 1 aliphatic rings. The van der Waals surface area contributed by atoms with Crippen molar-refractivity contribution in [3.05, 3.63) is 27.3 Å². The summed E-state index contributed by atoms with van der Waals surface area (Å²) in [5.41, 5.74) is 1.01. The maximum atomic E-state index is 5.59. The Morgan fingerprint density at radius 3 is 2.82 bits per heavy atom. The van der Waals surface area contributed by atoms with Gasteiger partial charge in [-0.15, -0.1) is 0 Å². The van der Waals surface area contributed by atoms with E-state index in [4.69, 9.17) is 18.9 Å². The number of hydrogen-bond donors (Lipinski definition) is 0. The SMILES string of the molecule is COCOc1ccc(I)c(C2OCCCO2)c1. The van der Waals surface area contributed by atoms with Crippen molar-refractivity contribution in [1.82, 2.24) is 0 Å². The van der Waals surface area contributed by atoms with Crippen molar-refractivity contribution >= 4 is 22.6 Å². The molecule has 1 fully saturated rings. The van der Waals surface area contributed by atoms with Crippen molar-refractivity contribution in [2.75, 3.05) is 27.1 Å². The molecular formula is C12H15IO4. The molecule has 4 nitrogen and oxygen atoms in total. The highest BCUT2D eigenvalue weighted by atomic mass is 127. The molecule has 94 valence electrons. The number of benzene rings is 1. The van der Waals surface area contributed by atoms with Crippen molar-refractivity contribution in [3.8, 4) is 5.75 Å². The van der Waals surface area contributed by atoms with Gasteiger partial charge in [0, 0.05) is 16.2 Å². The van der Waals surface area contributed by atoms with Crippen LogP contribution >= 0.6 is 22.6 Å². The zero-order valence-electron chi connectivity index (χ0n) is 9.65. The molecule has 1 aliphatic heterocycles. The maximum absolute atomic E-state index is 5.59. The Morgan fingerprint density at radius 2 is 2.12 bits per heavy atom. The lowest BCUT2D eigenvalue weighted by atomic mass is 10.2. The molecule has 1 aromatic carbocycles. The molecule has 1 saturated heterocycles. The lowest BCUT2D eigenvalue weighted by Crippen LogP contribution is -2.18. The number of rotatable bonds is 4. The first-order chi connectivity index (χ1) is 8.31. The highest BCUT2D eigenvalue weighted by Gasteiger charge is 2.19.